The number of carbonyl (C=O) groups excluding carboxylic acids is 2. The number of morpholine rings is 1. The summed E-state index contributed by atoms with van der Waals surface area (Å²) in [6.07, 6.45) is 0. The van der Waals surface area contributed by atoms with Crippen molar-refractivity contribution in [1.29, 1.82) is 0 Å². The van der Waals surface area contributed by atoms with E-state index in [1.54, 1.807) is 31.4 Å². The molecule has 4 rings (SSSR count). The number of ether oxygens (including phenoxy) is 2. The lowest BCUT2D eigenvalue weighted by molar-refractivity contribution is -0.117. The molecule has 2 aromatic carbocycles. The third kappa shape index (κ3) is 5.91. The van der Waals surface area contributed by atoms with Crippen LogP contribution in [0.1, 0.15) is 15.9 Å². The minimum atomic E-state index is -0.456. The topological polar surface area (TPSA) is 98.6 Å². The maximum Gasteiger partial charge on any atom is 0.257 e. The number of nitrogens with zero attached hydrogens (tertiary/aromatic N) is 4. The predicted molar refractivity (Wildman–Crippen MR) is 125 cm³/mol. The summed E-state index contributed by atoms with van der Waals surface area (Å²) in [5.74, 6) is 0.574. The highest BCUT2D eigenvalue weighted by molar-refractivity contribution is 7.99. The molecule has 1 aliphatic heterocycles. The van der Waals surface area contributed by atoms with Crippen molar-refractivity contribution in [3.63, 3.8) is 0 Å². The van der Waals surface area contributed by atoms with Gasteiger partial charge in [0.2, 0.25) is 11.9 Å². The van der Waals surface area contributed by atoms with Crippen molar-refractivity contribution in [2.75, 3.05) is 44.1 Å². The Bertz CT molecular complexity index is 1080. The fourth-order valence-electron chi connectivity index (χ4n) is 3.40. The van der Waals surface area contributed by atoms with E-state index < -0.39 is 11.8 Å². The van der Waals surface area contributed by atoms with Crippen molar-refractivity contribution < 1.29 is 19.1 Å². The van der Waals surface area contributed by atoms with E-state index >= 15 is 0 Å². The van der Waals surface area contributed by atoms with Crippen LogP contribution in [0.15, 0.2) is 59.8 Å². The van der Waals surface area contributed by atoms with Crippen molar-refractivity contribution in [2.24, 2.45) is 0 Å². The molecule has 1 saturated heterocycles. The molecule has 1 fully saturated rings. The Labute approximate surface area is 196 Å². The summed E-state index contributed by atoms with van der Waals surface area (Å²) in [4.78, 5) is 26.9. The SMILES string of the molecule is COc1ccc(C(=O)NC(=O)CSc2nnc(N3CCOCC3)n2Cc2ccccc2)cc1. The molecule has 1 aromatic heterocycles. The number of rotatable bonds is 8. The van der Waals surface area contributed by atoms with Gasteiger partial charge in [0.15, 0.2) is 5.16 Å². The van der Waals surface area contributed by atoms with Gasteiger partial charge in [-0.15, -0.1) is 10.2 Å². The lowest BCUT2D eigenvalue weighted by atomic mass is 10.2. The van der Waals surface area contributed by atoms with Crippen LogP contribution in [0.3, 0.4) is 0 Å². The molecule has 172 valence electrons. The van der Waals surface area contributed by atoms with Gasteiger partial charge in [0.05, 0.1) is 32.6 Å². The summed E-state index contributed by atoms with van der Waals surface area (Å²) in [5.41, 5.74) is 1.49. The quantitative estimate of drug-likeness (QED) is 0.504. The summed E-state index contributed by atoms with van der Waals surface area (Å²) in [7, 11) is 1.55. The van der Waals surface area contributed by atoms with Crippen molar-refractivity contribution in [3.05, 3.63) is 65.7 Å². The molecule has 0 spiro atoms. The molecule has 1 aliphatic rings. The average molecular weight is 468 g/mol. The van der Waals surface area contributed by atoms with Crippen LogP contribution in [-0.4, -0.2) is 65.7 Å². The molecule has 0 bridgehead atoms. The summed E-state index contributed by atoms with van der Waals surface area (Å²) >= 11 is 1.25. The van der Waals surface area contributed by atoms with E-state index in [0.717, 1.165) is 24.6 Å². The van der Waals surface area contributed by atoms with E-state index in [9.17, 15) is 9.59 Å². The van der Waals surface area contributed by atoms with Gasteiger partial charge in [-0.3, -0.25) is 19.5 Å². The van der Waals surface area contributed by atoms with Crippen LogP contribution in [0, 0.1) is 0 Å². The molecule has 2 heterocycles. The number of hydrogen-bond acceptors (Lipinski definition) is 8. The average Bonchev–Trinajstić information content (AvgIpc) is 3.26. The van der Waals surface area contributed by atoms with Gasteiger partial charge < -0.3 is 14.4 Å². The summed E-state index contributed by atoms with van der Waals surface area (Å²) in [6, 6.07) is 16.6. The van der Waals surface area contributed by atoms with E-state index in [-0.39, 0.29) is 5.75 Å². The van der Waals surface area contributed by atoms with Crippen molar-refractivity contribution >= 4 is 29.5 Å². The second kappa shape index (κ2) is 11.0. The van der Waals surface area contributed by atoms with E-state index in [1.807, 2.05) is 34.9 Å². The van der Waals surface area contributed by atoms with Crippen LogP contribution in [-0.2, 0) is 16.1 Å². The number of aromatic nitrogens is 3. The molecule has 0 atom stereocenters. The fourth-order valence-corrected chi connectivity index (χ4v) is 4.13. The number of anilines is 1. The number of carbonyl (C=O) groups is 2. The highest BCUT2D eigenvalue weighted by atomic mass is 32.2. The molecule has 33 heavy (non-hydrogen) atoms. The number of nitrogens with one attached hydrogen (secondary N) is 1. The van der Waals surface area contributed by atoms with Crippen LogP contribution in [0.5, 0.6) is 5.75 Å². The molecule has 10 heteroatoms. The van der Waals surface area contributed by atoms with E-state index in [2.05, 4.69) is 20.4 Å². The van der Waals surface area contributed by atoms with E-state index in [1.165, 1.54) is 11.8 Å². The van der Waals surface area contributed by atoms with Gasteiger partial charge in [0.1, 0.15) is 5.75 Å². The Morgan fingerprint density at radius 2 is 1.79 bits per heavy atom. The van der Waals surface area contributed by atoms with Gasteiger partial charge in [-0.05, 0) is 29.8 Å². The molecule has 0 radical (unpaired) electrons. The third-order valence-corrected chi connectivity index (χ3v) is 6.08. The lowest BCUT2D eigenvalue weighted by Gasteiger charge is -2.28. The number of amides is 2. The maximum atomic E-state index is 12.4. The Kier molecular flexibility index (Phi) is 7.59. The second-order valence-electron chi connectivity index (χ2n) is 7.35. The minimum Gasteiger partial charge on any atom is -0.497 e. The smallest absolute Gasteiger partial charge is 0.257 e. The van der Waals surface area contributed by atoms with Crippen LogP contribution in [0.4, 0.5) is 5.95 Å². The highest BCUT2D eigenvalue weighted by Crippen LogP contribution is 2.24. The molecular formula is C23H25N5O4S. The fraction of sp³-hybridized carbons (Fsp3) is 0.304. The first-order valence-corrected chi connectivity index (χ1v) is 11.5. The molecule has 3 aromatic rings. The normalized spacial score (nSPS) is 13.5. The summed E-state index contributed by atoms with van der Waals surface area (Å²) in [6.45, 7) is 3.31. The van der Waals surface area contributed by atoms with Gasteiger partial charge in [0, 0.05) is 18.7 Å². The maximum absolute atomic E-state index is 12.4. The molecule has 1 N–H and O–H groups in total. The number of methoxy groups -OCH3 is 1. The van der Waals surface area contributed by atoms with Crippen molar-refractivity contribution in [1.82, 2.24) is 20.1 Å². The highest BCUT2D eigenvalue weighted by Gasteiger charge is 2.22. The van der Waals surface area contributed by atoms with E-state index in [0.29, 0.717) is 36.2 Å². The molecule has 0 unspecified atom stereocenters. The largest absolute Gasteiger partial charge is 0.497 e. The van der Waals surface area contributed by atoms with Gasteiger partial charge in [-0.2, -0.15) is 0 Å². The molecule has 0 aliphatic carbocycles. The zero-order valence-electron chi connectivity index (χ0n) is 18.3. The molecule has 2 amide bonds. The van der Waals surface area contributed by atoms with Gasteiger partial charge >= 0.3 is 0 Å². The van der Waals surface area contributed by atoms with Crippen LogP contribution in [0.2, 0.25) is 0 Å². The number of thioether (sulfide) groups is 1. The van der Waals surface area contributed by atoms with Crippen molar-refractivity contribution in [3.8, 4) is 5.75 Å². The number of hydrogen-bond donors (Lipinski definition) is 1. The summed E-state index contributed by atoms with van der Waals surface area (Å²) < 4.78 is 12.5. The first-order chi connectivity index (χ1) is 16.1. The van der Waals surface area contributed by atoms with Crippen molar-refractivity contribution in [2.45, 2.75) is 11.7 Å². The number of benzene rings is 2. The molecule has 9 nitrogen and oxygen atoms in total. The van der Waals surface area contributed by atoms with Gasteiger partial charge in [-0.1, -0.05) is 42.1 Å². The van der Waals surface area contributed by atoms with E-state index in [4.69, 9.17) is 9.47 Å². The third-order valence-electron chi connectivity index (χ3n) is 5.11. The Hall–Kier alpha value is -3.37. The zero-order chi connectivity index (χ0) is 23.0. The Morgan fingerprint density at radius 1 is 1.06 bits per heavy atom. The zero-order valence-corrected chi connectivity index (χ0v) is 19.1. The lowest BCUT2D eigenvalue weighted by Crippen LogP contribution is -2.38. The minimum absolute atomic E-state index is 0.0396. The van der Waals surface area contributed by atoms with Crippen LogP contribution < -0.4 is 15.0 Å². The van der Waals surface area contributed by atoms with Gasteiger partial charge in [-0.25, -0.2) is 0 Å². The number of imide groups is 1. The molecule has 0 saturated carbocycles. The second-order valence-corrected chi connectivity index (χ2v) is 8.29. The van der Waals surface area contributed by atoms with Crippen LogP contribution in [0.25, 0.3) is 0 Å². The summed E-state index contributed by atoms with van der Waals surface area (Å²) in [5, 5.41) is 11.8. The molecular weight excluding hydrogens is 442 g/mol. The Morgan fingerprint density at radius 3 is 2.48 bits per heavy atom. The standard InChI is InChI=1S/C23H25N5O4S/c1-31-19-9-7-18(8-10-19)21(30)24-20(29)16-33-23-26-25-22(27-11-13-32-14-12-27)28(23)15-17-5-3-2-4-6-17/h2-10H,11-16H2,1H3,(H,24,29,30). The first kappa shape index (κ1) is 22.8. The predicted octanol–water partition coefficient (Wildman–Crippen LogP) is 2.22. The Balaban J connectivity index is 1.43. The van der Waals surface area contributed by atoms with Crippen LogP contribution >= 0.6 is 11.8 Å². The first-order valence-electron chi connectivity index (χ1n) is 10.5. The van der Waals surface area contributed by atoms with Gasteiger partial charge in [0.25, 0.3) is 5.91 Å². The monoisotopic (exact) mass is 467 g/mol.